The van der Waals surface area contributed by atoms with Gasteiger partial charge < -0.3 is 0 Å². The van der Waals surface area contributed by atoms with Crippen molar-refractivity contribution in [1.82, 2.24) is 0 Å². The quantitative estimate of drug-likeness (QED) is 0.318. The molecule has 0 saturated carbocycles. The normalized spacial score (nSPS) is 14.0. The number of halogens is 1. The van der Waals surface area contributed by atoms with Crippen molar-refractivity contribution in [3.63, 3.8) is 0 Å². The summed E-state index contributed by atoms with van der Waals surface area (Å²) in [5, 5.41) is 8.45. The first-order valence-electron chi connectivity index (χ1n) is 10.3. The zero-order valence-corrected chi connectivity index (χ0v) is 20.2. The van der Waals surface area contributed by atoms with Gasteiger partial charge in [0.15, 0.2) is 0 Å². The molecule has 0 amide bonds. The Morgan fingerprint density at radius 2 is 1.10 bits per heavy atom. The molecule has 0 aliphatic carbocycles. The number of hydrogen-bond acceptors (Lipinski definition) is 2. The first-order valence-corrected chi connectivity index (χ1v) is 14.6. The molecule has 30 heavy (non-hydrogen) atoms. The molecule has 3 rings (SSSR count). The number of benzene rings is 3. The molecular formula is C26H29BrNOP. The number of Topliss-reactive ketones (excluding diaryl/α,β-unsaturated/α-hetero) is 1. The molecule has 3 aromatic carbocycles. The van der Waals surface area contributed by atoms with Crippen LogP contribution in [0.4, 0.5) is 0 Å². The van der Waals surface area contributed by atoms with Crippen LogP contribution >= 0.6 is 20.8 Å². The van der Waals surface area contributed by atoms with E-state index in [-0.39, 0.29) is 17.4 Å². The van der Waals surface area contributed by atoms with Gasteiger partial charge in [0, 0.05) is 0 Å². The summed E-state index contributed by atoms with van der Waals surface area (Å²) in [6, 6.07) is 30.9. The van der Waals surface area contributed by atoms with Gasteiger partial charge in [0.05, 0.1) is 0 Å². The standard InChI is InChI=1S/C26H29BrNOP/c1-20(2)19-25(28)26(29)21(3)30(27,22-13-7-4-8-14-22,23-15-9-5-10-16-23)24-17-11-6-12-18-24/h4-18,20-21,28H,19H2,1-3H3. The zero-order chi connectivity index (χ0) is 21.8. The number of carbonyl (C=O) groups is 1. The predicted molar refractivity (Wildman–Crippen MR) is 136 cm³/mol. The van der Waals surface area contributed by atoms with Crippen LogP contribution in [0.25, 0.3) is 0 Å². The van der Waals surface area contributed by atoms with Gasteiger partial charge in [0.25, 0.3) is 0 Å². The molecule has 3 aromatic rings. The van der Waals surface area contributed by atoms with Crippen molar-refractivity contribution in [2.75, 3.05) is 0 Å². The van der Waals surface area contributed by atoms with Crippen molar-refractivity contribution in [2.45, 2.75) is 32.9 Å². The van der Waals surface area contributed by atoms with Gasteiger partial charge in [0.2, 0.25) is 0 Å². The molecule has 1 unspecified atom stereocenters. The van der Waals surface area contributed by atoms with Gasteiger partial charge in [-0.3, -0.25) is 0 Å². The number of rotatable bonds is 8. The van der Waals surface area contributed by atoms with Crippen LogP contribution in [0.3, 0.4) is 0 Å². The van der Waals surface area contributed by atoms with Gasteiger partial charge in [-0.2, -0.15) is 0 Å². The van der Waals surface area contributed by atoms with Gasteiger partial charge in [-0.25, -0.2) is 0 Å². The van der Waals surface area contributed by atoms with Gasteiger partial charge in [-0.15, -0.1) is 0 Å². The Morgan fingerprint density at radius 1 is 0.767 bits per heavy atom. The van der Waals surface area contributed by atoms with Gasteiger partial charge in [-0.1, -0.05) is 0 Å². The number of carbonyl (C=O) groups excluding carboxylic acids is 1. The van der Waals surface area contributed by atoms with E-state index in [2.05, 4.69) is 51.9 Å². The molecule has 0 heterocycles. The van der Waals surface area contributed by atoms with E-state index in [0.29, 0.717) is 6.42 Å². The first-order chi connectivity index (χ1) is 14.3. The van der Waals surface area contributed by atoms with Crippen LogP contribution in [0.15, 0.2) is 91.0 Å². The third-order valence-corrected chi connectivity index (χ3v) is 16.9. The van der Waals surface area contributed by atoms with Crippen LogP contribution in [-0.2, 0) is 4.79 Å². The van der Waals surface area contributed by atoms with Crippen LogP contribution < -0.4 is 15.9 Å². The average molecular weight is 482 g/mol. The molecular weight excluding hydrogens is 453 g/mol. The minimum absolute atomic E-state index is 0.0881. The Balaban J connectivity index is 2.39. The summed E-state index contributed by atoms with van der Waals surface area (Å²) < 4.78 is 0. The van der Waals surface area contributed by atoms with Gasteiger partial charge in [-0.05, 0) is 0 Å². The summed E-state index contributed by atoms with van der Waals surface area (Å²) in [7, 11) is 0. The summed E-state index contributed by atoms with van der Waals surface area (Å²) in [4.78, 5) is 13.7. The predicted octanol–water partition coefficient (Wildman–Crippen LogP) is 5.85. The van der Waals surface area contributed by atoms with Crippen molar-refractivity contribution in [3.05, 3.63) is 91.0 Å². The molecule has 0 aromatic heterocycles. The second-order valence-corrected chi connectivity index (χ2v) is 17.1. The molecule has 0 saturated heterocycles. The summed E-state index contributed by atoms with van der Waals surface area (Å²) in [6.45, 7) is 6.09. The Bertz CT molecular complexity index is 919. The molecule has 2 nitrogen and oxygen atoms in total. The Morgan fingerprint density at radius 3 is 1.40 bits per heavy atom. The molecule has 0 fully saturated rings. The number of hydrogen-bond donors (Lipinski definition) is 1. The van der Waals surface area contributed by atoms with Crippen LogP contribution in [0.2, 0.25) is 0 Å². The third kappa shape index (κ3) is 3.70. The van der Waals surface area contributed by atoms with E-state index in [1.54, 1.807) is 0 Å². The number of nitrogens with one attached hydrogen (secondary N) is 1. The third-order valence-electron chi connectivity index (χ3n) is 5.80. The second-order valence-electron chi connectivity index (χ2n) is 8.20. The summed E-state index contributed by atoms with van der Waals surface area (Å²) in [5.74, 6) is 0.176. The van der Waals surface area contributed by atoms with Crippen molar-refractivity contribution < 1.29 is 4.79 Å². The molecule has 0 bridgehead atoms. The molecule has 156 valence electrons. The van der Waals surface area contributed by atoms with E-state index in [1.807, 2.05) is 75.4 Å². The van der Waals surface area contributed by atoms with E-state index in [9.17, 15) is 4.79 Å². The van der Waals surface area contributed by atoms with Gasteiger partial charge in [0.1, 0.15) is 0 Å². The van der Waals surface area contributed by atoms with Crippen LogP contribution in [-0.4, -0.2) is 17.2 Å². The van der Waals surface area contributed by atoms with Crippen molar-refractivity contribution in [1.29, 1.82) is 5.41 Å². The van der Waals surface area contributed by atoms with Crippen LogP contribution in [0.5, 0.6) is 0 Å². The Kier molecular flexibility index (Phi) is 6.75. The van der Waals surface area contributed by atoms with Crippen molar-refractivity contribution >= 4 is 48.2 Å². The van der Waals surface area contributed by atoms with E-state index < -0.39 is 11.0 Å². The van der Waals surface area contributed by atoms with E-state index in [0.717, 1.165) is 15.9 Å². The number of ketones is 1. The van der Waals surface area contributed by atoms with Crippen LogP contribution in [0.1, 0.15) is 27.2 Å². The summed E-state index contributed by atoms with van der Waals surface area (Å²) in [5.41, 5.74) is -0.219. The fourth-order valence-electron chi connectivity index (χ4n) is 4.26. The van der Waals surface area contributed by atoms with Crippen molar-refractivity contribution in [3.8, 4) is 0 Å². The van der Waals surface area contributed by atoms with Crippen molar-refractivity contribution in [2.24, 2.45) is 5.92 Å². The average Bonchev–Trinajstić information content (AvgIpc) is 2.79. The van der Waals surface area contributed by atoms with Crippen LogP contribution in [0, 0.1) is 11.3 Å². The zero-order valence-electron chi connectivity index (χ0n) is 17.8. The first kappa shape index (κ1) is 22.6. The molecule has 0 radical (unpaired) electrons. The molecule has 0 aliphatic heterocycles. The molecule has 4 heteroatoms. The van der Waals surface area contributed by atoms with Gasteiger partial charge >= 0.3 is 188 Å². The summed E-state index contributed by atoms with van der Waals surface area (Å²) >= 11 is 4.33. The fraction of sp³-hybridized carbons (Fsp3) is 0.231. The summed E-state index contributed by atoms with van der Waals surface area (Å²) in [6.07, 6.45) is 0.487. The topological polar surface area (TPSA) is 40.9 Å². The second kappa shape index (κ2) is 8.96. The SMILES string of the molecule is CC(C)CC(=N)C(=O)C(C)P(Br)(c1ccccc1)(c1ccccc1)c1ccccc1. The fourth-order valence-corrected chi connectivity index (χ4v) is 12.0. The van der Waals surface area contributed by atoms with E-state index >= 15 is 0 Å². The maximum atomic E-state index is 13.7. The molecule has 1 atom stereocenters. The molecule has 1 N–H and O–H groups in total. The van der Waals surface area contributed by atoms with E-state index in [4.69, 9.17) is 5.41 Å². The molecule has 0 aliphatic rings. The minimum atomic E-state index is -3.40. The monoisotopic (exact) mass is 481 g/mol. The molecule has 0 spiro atoms. The maximum absolute atomic E-state index is 13.7. The van der Waals surface area contributed by atoms with E-state index in [1.165, 1.54) is 0 Å². The Labute approximate surface area is 187 Å². The Hall–Kier alpha value is -2.09.